The highest BCUT2D eigenvalue weighted by atomic mass is 35.5. The van der Waals surface area contributed by atoms with Crippen LogP contribution in [0.2, 0.25) is 5.02 Å². The van der Waals surface area contributed by atoms with E-state index in [9.17, 15) is 13.2 Å². The first kappa shape index (κ1) is 23.8. The summed E-state index contributed by atoms with van der Waals surface area (Å²) in [5, 5.41) is 3.44. The Balaban J connectivity index is 1.62. The molecule has 7 nitrogen and oxygen atoms in total. The van der Waals surface area contributed by atoms with Gasteiger partial charge in [0.2, 0.25) is 10.0 Å². The maximum atomic E-state index is 12.5. The maximum absolute atomic E-state index is 12.5. The number of allylic oxidation sites excluding steroid dienone is 1. The number of rotatable bonds is 8. The second-order valence-corrected chi connectivity index (χ2v) is 10.6. The van der Waals surface area contributed by atoms with Crippen LogP contribution >= 0.6 is 11.6 Å². The molecule has 0 saturated carbocycles. The zero-order chi connectivity index (χ0) is 22.3. The van der Waals surface area contributed by atoms with E-state index in [4.69, 9.17) is 16.3 Å². The summed E-state index contributed by atoms with van der Waals surface area (Å²) in [4.78, 5) is 17.0. The van der Waals surface area contributed by atoms with Gasteiger partial charge in [-0.15, -0.1) is 0 Å². The van der Waals surface area contributed by atoms with Crippen LogP contribution in [-0.4, -0.2) is 56.5 Å². The number of dihydropyridines is 1. The molecule has 3 rings (SSSR count). The third-order valence-electron chi connectivity index (χ3n) is 6.03. The molecule has 1 N–H and O–H groups in total. The Hall–Kier alpha value is -1.90. The molecule has 9 heteroatoms. The lowest BCUT2D eigenvalue weighted by molar-refractivity contribution is 0.101. The van der Waals surface area contributed by atoms with Gasteiger partial charge >= 0.3 is 6.09 Å². The van der Waals surface area contributed by atoms with E-state index in [2.05, 4.69) is 16.4 Å². The van der Waals surface area contributed by atoms with Gasteiger partial charge in [-0.3, -0.25) is 4.99 Å². The second kappa shape index (κ2) is 10.6. The quantitative estimate of drug-likeness (QED) is 0.630. The summed E-state index contributed by atoms with van der Waals surface area (Å²) in [6, 6.07) is 7.22. The van der Waals surface area contributed by atoms with Crippen molar-refractivity contribution in [1.29, 1.82) is 0 Å². The molecule has 0 radical (unpaired) electrons. The molecule has 1 aromatic carbocycles. The third-order valence-corrected chi connectivity index (χ3v) is 8.47. The van der Waals surface area contributed by atoms with Crippen molar-refractivity contribution in [2.24, 2.45) is 10.4 Å². The lowest BCUT2D eigenvalue weighted by Crippen LogP contribution is -2.53. The van der Waals surface area contributed by atoms with Gasteiger partial charge in [0.05, 0.1) is 11.8 Å². The third kappa shape index (κ3) is 6.08. The number of amides is 1. The molecule has 1 aromatic rings. The Bertz CT molecular complexity index is 924. The summed E-state index contributed by atoms with van der Waals surface area (Å²) in [5.41, 5.74) is 0.425. The van der Waals surface area contributed by atoms with Gasteiger partial charge in [-0.05, 0) is 37.8 Å². The molecule has 0 spiro atoms. The number of nitrogens with zero attached hydrogens (tertiary/aromatic N) is 2. The molecule has 170 valence electrons. The average molecular weight is 468 g/mol. The van der Waals surface area contributed by atoms with Crippen molar-refractivity contribution in [3.05, 3.63) is 47.0 Å². The first-order valence-electron chi connectivity index (χ1n) is 10.7. The standard InChI is InChI=1S/C22H30ClN3O4S/c1-2-15-31(28,29)26-13-10-22(11-14-26,20-9-5-6-12-24-20)17-25-21(27)30-16-18-7-3-4-8-19(18)23/h3-8,12,20H,2,9-11,13-17H2,1H3,(H,25,27). The van der Waals surface area contributed by atoms with E-state index >= 15 is 0 Å². The summed E-state index contributed by atoms with van der Waals surface area (Å²) in [6.07, 6.45) is 7.88. The minimum Gasteiger partial charge on any atom is -0.445 e. The van der Waals surface area contributed by atoms with E-state index in [-0.39, 0.29) is 23.8 Å². The number of carbonyl (C=O) groups is 1. The van der Waals surface area contributed by atoms with Crippen molar-refractivity contribution >= 4 is 33.9 Å². The van der Waals surface area contributed by atoms with Crippen LogP contribution in [0.5, 0.6) is 0 Å². The van der Waals surface area contributed by atoms with E-state index < -0.39 is 16.1 Å². The fraction of sp³-hybridized carbons (Fsp3) is 0.545. The molecule has 1 amide bonds. The Kier molecular flexibility index (Phi) is 8.13. The number of nitrogens with one attached hydrogen (secondary N) is 1. The summed E-state index contributed by atoms with van der Waals surface area (Å²) in [7, 11) is -3.23. The Morgan fingerprint density at radius 3 is 2.71 bits per heavy atom. The fourth-order valence-electron chi connectivity index (χ4n) is 4.17. The van der Waals surface area contributed by atoms with Gasteiger partial charge in [0.25, 0.3) is 0 Å². The Morgan fingerprint density at radius 1 is 1.32 bits per heavy atom. The van der Waals surface area contributed by atoms with Gasteiger partial charge in [-0.1, -0.05) is 42.8 Å². The molecule has 0 aromatic heterocycles. The highest BCUT2D eigenvalue weighted by molar-refractivity contribution is 7.89. The maximum Gasteiger partial charge on any atom is 0.407 e. The van der Waals surface area contributed by atoms with E-state index in [0.29, 0.717) is 43.9 Å². The average Bonchev–Trinajstić information content (AvgIpc) is 2.78. The minimum absolute atomic E-state index is 0.00241. The number of piperidine rings is 1. The Morgan fingerprint density at radius 2 is 2.06 bits per heavy atom. The van der Waals surface area contributed by atoms with E-state index in [1.807, 2.05) is 31.2 Å². The van der Waals surface area contributed by atoms with Crippen LogP contribution in [0.25, 0.3) is 0 Å². The molecule has 2 aliphatic rings. The number of alkyl carbamates (subject to hydrolysis) is 1. The molecule has 1 unspecified atom stereocenters. The highest BCUT2D eigenvalue weighted by Crippen LogP contribution is 2.39. The van der Waals surface area contributed by atoms with Crippen LogP contribution in [0, 0.1) is 5.41 Å². The largest absolute Gasteiger partial charge is 0.445 e. The fourth-order valence-corrected chi connectivity index (χ4v) is 5.88. The molecular formula is C22H30ClN3O4S. The predicted octanol–water partition coefficient (Wildman–Crippen LogP) is 3.79. The van der Waals surface area contributed by atoms with Crippen LogP contribution in [0.4, 0.5) is 4.79 Å². The van der Waals surface area contributed by atoms with Gasteiger partial charge in [0.15, 0.2) is 0 Å². The first-order valence-corrected chi connectivity index (χ1v) is 12.7. The first-order chi connectivity index (χ1) is 14.9. The second-order valence-electron chi connectivity index (χ2n) is 8.08. The highest BCUT2D eigenvalue weighted by Gasteiger charge is 2.43. The number of halogens is 1. The molecule has 1 atom stereocenters. The number of sulfonamides is 1. The van der Waals surface area contributed by atoms with Gasteiger partial charge in [0, 0.05) is 41.8 Å². The zero-order valence-electron chi connectivity index (χ0n) is 17.8. The van der Waals surface area contributed by atoms with Gasteiger partial charge in [-0.2, -0.15) is 0 Å². The monoisotopic (exact) mass is 467 g/mol. The van der Waals surface area contributed by atoms with Crippen molar-refractivity contribution in [1.82, 2.24) is 9.62 Å². The molecule has 1 fully saturated rings. The number of carbonyl (C=O) groups excluding carboxylic acids is 1. The number of ether oxygens (including phenoxy) is 1. The predicted molar refractivity (Wildman–Crippen MR) is 123 cm³/mol. The van der Waals surface area contributed by atoms with Gasteiger partial charge < -0.3 is 10.1 Å². The van der Waals surface area contributed by atoms with Crippen LogP contribution < -0.4 is 5.32 Å². The lowest BCUT2D eigenvalue weighted by atomic mass is 9.71. The molecule has 2 aliphatic heterocycles. The van der Waals surface area contributed by atoms with E-state index in [0.717, 1.165) is 12.0 Å². The summed E-state index contributed by atoms with van der Waals surface area (Å²) >= 11 is 6.12. The summed E-state index contributed by atoms with van der Waals surface area (Å²) in [5.74, 6) is 0.164. The number of hydrogen-bond acceptors (Lipinski definition) is 5. The number of aliphatic imine (C=N–C) groups is 1. The molecule has 0 aliphatic carbocycles. The van der Waals surface area contributed by atoms with Crippen molar-refractivity contribution in [2.45, 2.75) is 45.3 Å². The topological polar surface area (TPSA) is 88.1 Å². The minimum atomic E-state index is -3.23. The van der Waals surface area contributed by atoms with Crippen LogP contribution in [0.15, 0.2) is 41.4 Å². The van der Waals surface area contributed by atoms with Crippen LogP contribution in [0.1, 0.15) is 38.2 Å². The molecule has 2 heterocycles. The van der Waals surface area contributed by atoms with Crippen molar-refractivity contribution in [3.8, 4) is 0 Å². The van der Waals surface area contributed by atoms with Crippen molar-refractivity contribution < 1.29 is 17.9 Å². The lowest BCUT2D eigenvalue weighted by Gasteiger charge is -2.45. The summed E-state index contributed by atoms with van der Waals surface area (Å²) in [6.45, 7) is 3.22. The SMILES string of the molecule is CCCS(=O)(=O)N1CCC(CNC(=O)OCc2ccccc2Cl)(C2CC=CC=N2)CC1. The number of hydrogen-bond donors (Lipinski definition) is 1. The number of benzene rings is 1. The van der Waals surface area contributed by atoms with Crippen molar-refractivity contribution in [2.75, 3.05) is 25.4 Å². The van der Waals surface area contributed by atoms with Crippen molar-refractivity contribution in [3.63, 3.8) is 0 Å². The van der Waals surface area contributed by atoms with Gasteiger partial charge in [0.1, 0.15) is 6.61 Å². The molecule has 0 bridgehead atoms. The molecule has 1 saturated heterocycles. The van der Waals surface area contributed by atoms with E-state index in [1.165, 1.54) is 0 Å². The Labute approximate surface area is 189 Å². The van der Waals surface area contributed by atoms with Crippen LogP contribution in [0.3, 0.4) is 0 Å². The smallest absolute Gasteiger partial charge is 0.407 e. The normalized spacial score (nSPS) is 21.0. The molecule has 31 heavy (non-hydrogen) atoms. The zero-order valence-corrected chi connectivity index (χ0v) is 19.4. The summed E-state index contributed by atoms with van der Waals surface area (Å²) < 4.78 is 31.9. The van der Waals surface area contributed by atoms with E-state index in [1.54, 1.807) is 16.6 Å². The van der Waals surface area contributed by atoms with Gasteiger partial charge in [-0.25, -0.2) is 17.5 Å². The molecular weight excluding hydrogens is 438 g/mol. The van der Waals surface area contributed by atoms with Crippen LogP contribution in [-0.2, 0) is 21.4 Å².